The summed E-state index contributed by atoms with van der Waals surface area (Å²) in [6.45, 7) is 7.48. The molecule has 1 amide bonds. The number of allylic oxidation sites excluding steroid dienone is 2. The van der Waals surface area contributed by atoms with E-state index in [1.165, 1.54) is 19.3 Å². The Morgan fingerprint density at radius 1 is 1.29 bits per heavy atom. The molecule has 1 aromatic heterocycles. The van der Waals surface area contributed by atoms with Crippen molar-refractivity contribution in [3.8, 4) is 11.4 Å². The molecule has 1 aromatic carbocycles. The number of carbonyl (C=O) groups is 1. The molecule has 2 bridgehead atoms. The van der Waals surface area contributed by atoms with E-state index in [0.29, 0.717) is 51.0 Å². The lowest BCUT2D eigenvalue weighted by molar-refractivity contribution is -0.103. The molecule has 2 aromatic rings. The van der Waals surface area contributed by atoms with Crippen molar-refractivity contribution in [2.75, 3.05) is 6.54 Å². The fourth-order valence-electron chi connectivity index (χ4n) is 6.60. The van der Waals surface area contributed by atoms with E-state index >= 15 is 0 Å². The van der Waals surface area contributed by atoms with Gasteiger partial charge in [-0.3, -0.25) is 4.79 Å². The lowest BCUT2D eigenvalue weighted by Gasteiger charge is -2.60. The molecule has 34 heavy (non-hydrogen) atoms. The van der Waals surface area contributed by atoms with Gasteiger partial charge in [0.25, 0.3) is 5.91 Å². The molecule has 3 saturated carbocycles. The molecule has 7 rings (SSSR count). The number of ether oxygens (including phenoxy) is 1. The van der Waals surface area contributed by atoms with Crippen molar-refractivity contribution in [3.63, 3.8) is 0 Å². The number of hydrogen-bond donors (Lipinski definition) is 1. The van der Waals surface area contributed by atoms with E-state index < -0.39 is 0 Å². The fraction of sp³-hybridized carbons (Fsp3) is 0.481. The third-order valence-electron chi connectivity index (χ3n) is 8.67. The molecule has 3 fully saturated rings. The van der Waals surface area contributed by atoms with Crippen LogP contribution in [0.1, 0.15) is 62.1 Å². The number of amides is 1. The van der Waals surface area contributed by atoms with Crippen LogP contribution < -0.4 is 10.1 Å². The third-order valence-corrected chi connectivity index (χ3v) is 9.21. The second kappa shape index (κ2) is 7.89. The van der Waals surface area contributed by atoms with Crippen LogP contribution in [0.5, 0.6) is 5.75 Å². The number of hydrogen-bond acceptors (Lipinski definition) is 3. The molecule has 5 atom stereocenters. The summed E-state index contributed by atoms with van der Waals surface area (Å²) >= 11 is 12.7. The molecular weight excluding hydrogens is 469 g/mol. The Hall–Kier alpha value is -2.24. The van der Waals surface area contributed by atoms with Crippen molar-refractivity contribution in [1.82, 2.24) is 15.1 Å². The van der Waals surface area contributed by atoms with Crippen molar-refractivity contribution in [2.24, 2.45) is 23.2 Å². The van der Waals surface area contributed by atoms with Crippen molar-refractivity contribution >= 4 is 29.1 Å². The molecule has 5 unspecified atom stereocenters. The summed E-state index contributed by atoms with van der Waals surface area (Å²) in [5.74, 6) is 2.35. The largest absolute Gasteiger partial charge is 0.481 e. The summed E-state index contributed by atoms with van der Waals surface area (Å²) in [7, 11) is 0. The maximum atomic E-state index is 13.4. The number of aromatic nitrogens is 2. The highest BCUT2D eigenvalue weighted by Crippen LogP contribution is 2.61. The quantitative estimate of drug-likeness (QED) is 0.535. The number of nitrogens with zero attached hydrogens (tertiary/aromatic N) is 2. The average molecular weight is 498 g/mol. The first kappa shape index (κ1) is 22.2. The van der Waals surface area contributed by atoms with Gasteiger partial charge in [-0.25, -0.2) is 4.68 Å². The minimum absolute atomic E-state index is 0.0365. The highest BCUT2D eigenvalue weighted by atomic mass is 35.5. The normalized spacial score (nSPS) is 30.0. The number of rotatable bonds is 4. The van der Waals surface area contributed by atoms with E-state index in [0.717, 1.165) is 17.2 Å². The van der Waals surface area contributed by atoms with Gasteiger partial charge in [0.1, 0.15) is 6.10 Å². The molecule has 4 aliphatic carbocycles. The van der Waals surface area contributed by atoms with Crippen LogP contribution in [0, 0.1) is 23.2 Å². The zero-order chi connectivity index (χ0) is 23.8. The van der Waals surface area contributed by atoms with Gasteiger partial charge < -0.3 is 10.1 Å². The smallest absolute Gasteiger partial charge is 0.275 e. The fourth-order valence-corrected chi connectivity index (χ4v) is 7.09. The Bertz CT molecular complexity index is 1240. The van der Waals surface area contributed by atoms with Crippen LogP contribution in [-0.2, 0) is 0 Å². The lowest BCUT2D eigenvalue weighted by atomic mass is 9.45. The van der Waals surface area contributed by atoms with Crippen molar-refractivity contribution in [1.29, 1.82) is 0 Å². The minimum Gasteiger partial charge on any atom is -0.481 e. The predicted molar refractivity (Wildman–Crippen MR) is 134 cm³/mol. The first-order chi connectivity index (χ1) is 16.2. The molecule has 0 spiro atoms. The number of benzene rings is 1. The molecule has 5 aliphatic rings. The van der Waals surface area contributed by atoms with Gasteiger partial charge in [0, 0.05) is 11.6 Å². The minimum atomic E-state index is -0.192. The summed E-state index contributed by atoms with van der Waals surface area (Å²) in [6.07, 6.45) is 9.86. The number of halogens is 2. The van der Waals surface area contributed by atoms with Crippen LogP contribution >= 0.6 is 23.2 Å². The van der Waals surface area contributed by atoms with Crippen molar-refractivity contribution in [3.05, 3.63) is 63.4 Å². The average Bonchev–Trinajstić information content (AvgIpc) is 3.34. The van der Waals surface area contributed by atoms with E-state index in [1.807, 2.05) is 13.0 Å². The van der Waals surface area contributed by atoms with Crippen molar-refractivity contribution in [2.45, 2.75) is 52.1 Å². The highest BCUT2D eigenvalue weighted by molar-refractivity contribution is 6.35. The van der Waals surface area contributed by atoms with Gasteiger partial charge in [-0.05, 0) is 73.6 Å². The monoisotopic (exact) mass is 497 g/mol. The first-order valence-corrected chi connectivity index (χ1v) is 12.9. The Kier molecular flexibility index (Phi) is 5.16. The van der Waals surface area contributed by atoms with Gasteiger partial charge in [-0.2, -0.15) is 5.10 Å². The molecule has 2 heterocycles. The topological polar surface area (TPSA) is 56.1 Å². The molecule has 0 saturated heterocycles. The van der Waals surface area contributed by atoms with Crippen LogP contribution in [0.4, 0.5) is 0 Å². The molecule has 1 N–H and O–H groups in total. The zero-order valence-electron chi connectivity index (χ0n) is 19.6. The van der Waals surface area contributed by atoms with Crippen LogP contribution in [0.15, 0.2) is 42.0 Å². The Labute approximate surface area is 210 Å². The van der Waals surface area contributed by atoms with Crippen LogP contribution in [0.3, 0.4) is 0 Å². The summed E-state index contributed by atoms with van der Waals surface area (Å²) in [5, 5.41) is 8.93. The molecule has 0 radical (unpaired) electrons. The van der Waals surface area contributed by atoms with E-state index in [1.54, 1.807) is 16.8 Å². The van der Waals surface area contributed by atoms with Gasteiger partial charge in [0.05, 0.1) is 22.3 Å². The number of carbonyl (C=O) groups excluding carboxylic acids is 1. The Morgan fingerprint density at radius 2 is 2.12 bits per heavy atom. The summed E-state index contributed by atoms with van der Waals surface area (Å²) in [5.41, 5.74) is 3.37. The van der Waals surface area contributed by atoms with E-state index in [4.69, 9.17) is 33.0 Å². The Balaban J connectivity index is 1.32. The maximum absolute atomic E-state index is 13.4. The number of nitrogens with one attached hydrogen (secondary N) is 1. The molecule has 5 nitrogen and oxygen atoms in total. The van der Waals surface area contributed by atoms with Gasteiger partial charge in [0.15, 0.2) is 11.4 Å². The van der Waals surface area contributed by atoms with E-state index in [9.17, 15) is 4.79 Å². The van der Waals surface area contributed by atoms with E-state index in [-0.39, 0.29) is 17.9 Å². The second-order valence-corrected chi connectivity index (χ2v) is 11.7. The first-order valence-electron chi connectivity index (χ1n) is 12.1. The van der Waals surface area contributed by atoms with Crippen LogP contribution in [0.25, 0.3) is 5.69 Å². The molecule has 7 heteroatoms. The van der Waals surface area contributed by atoms with Crippen molar-refractivity contribution < 1.29 is 9.53 Å². The zero-order valence-corrected chi connectivity index (χ0v) is 21.2. The predicted octanol–water partition coefficient (Wildman–Crippen LogP) is 6.34. The summed E-state index contributed by atoms with van der Waals surface area (Å²) in [4.78, 5) is 13.4. The van der Waals surface area contributed by atoms with Gasteiger partial charge >= 0.3 is 0 Å². The second-order valence-electron chi connectivity index (χ2n) is 10.9. The molecule has 1 aliphatic heterocycles. The Morgan fingerprint density at radius 3 is 2.85 bits per heavy atom. The number of fused-ring (bicyclic) bond motifs is 5. The van der Waals surface area contributed by atoms with Gasteiger partial charge in [-0.1, -0.05) is 54.8 Å². The summed E-state index contributed by atoms with van der Waals surface area (Å²) < 4.78 is 8.07. The maximum Gasteiger partial charge on any atom is 0.275 e. The molecular formula is C27H29Cl2N3O2. The summed E-state index contributed by atoms with van der Waals surface area (Å²) in [6, 6.07) is 5.30. The lowest BCUT2D eigenvalue weighted by Crippen LogP contribution is -2.54. The SMILES string of the molecule is CC1=CC2Oc3c(C(=O)NCC4CCC5CC4C5(C)C)nn(-c4ccc(Cl)cc4Cl)c3C2C=C1. The van der Waals surface area contributed by atoms with Crippen LogP contribution in [0.2, 0.25) is 10.0 Å². The van der Waals surface area contributed by atoms with Crippen LogP contribution in [-0.4, -0.2) is 28.3 Å². The third kappa shape index (κ3) is 3.35. The van der Waals surface area contributed by atoms with Gasteiger partial charge in [-0.15, -0.1) is 0 Å². The van der Waals surface area contributed by atoms with Gasteiger partial charge in [0.2, 0.25) is 0 Å². The van der Waals surface area contributed by atoms with E-state index in [2.05, 4.69) is 37.4 Å². The molecule has 178 valence electrons. The highest BCUT2D eigenvalue weighted by Gasteiger charge is 2.54. The standard InChI is InChI=1S/C27H29Cl2N3O2/c1-14-4-8-18-22(10-14)34-25-23(31-32(24(18)25)21-9-7-17(28)12-20(21)29)26(33)30-13-15-5-6-16-11-19(15)27(16,2)3/h4,7-10,12,15-16,18-19,22H,5-6,11,13H2,1-3H3,(H,30,33).